The van der Waals surface area contributed by atoms with Crippen LogP contribution in [0, 0.1) is 0 Å². The molecule has 3 heterocycles. The highest BCUT2D eigenvalue weighted by Gasteiger charge is 2.35. The Balaban J connectivity index is 1.43. The van der Waals surface area contributed by atoms with E-state index in [-0.39, 0.29) is 30.3 Å². The van der Waals surface area contributed by atoms with Crippen molar-refractivity contribution in [2.75, 3.05) is 53.7 Å². The molecule has 1 saturated heterocycles. The summed E-state index contributed by atoms with van der Waals surface area (Å²) in [4.78, 5) is 47.6. The minimum atomic E-state index is -0.831. The minimum Gasteiger partial charge on any atom is -0.497 e. The van der Waals surface area contributed by atoms with Crippen molar-refractivity contribution in [2.24, 2.45) is 4.99 Å². The molecule has 4 aromatic rings. The number of amides is 1. The van der Waals surface area contributed by atoms with Gasteiger partial charge in [-0.3, -0.25) is 14.2 Å². The third kappa shape index (κ3) is 6.76. The van der Waals surface area contributed by atoms with Crippen LogP contribution in [-0.4, -0.2) is 75.1 Å². The van der Waals surface area contributed by atoms with E-state index in [0.717, 1.165) is 5.56 Å². The lowest BCUT2D eigenvalue weighted by atomic mass is 9.93. The summed E-state index contributed by atoms with van der Waals surface area (Å²) >= 11 is 1.22. The lowest BCUT2D eigenvalue weighted by Crippen LogP contribution is -2.43. The van der Waals surface area contributed by atoms with Gasteiger partial charge < -0.3 is 28.6 Å². The Morgan fingerprint density at radius 2 is 1.77 bits per heavy atom. The second-order valence-corrected chi connectivity index (χ2v) is 11.9. The average molecular weight is 670 g/mol. The van der Waals surface area contributed by atoms with Crippen LogP contribution in [0.2, 0.25) is 0 Å². The van der Waals surface area contributed by atoms with E-state index < -0.39 is 12.0 Å². The topological polar surface area (TPSA) is 118 Å². The molecule has 0 radical (unpaired) electrons. The first-order valence-corrected chi connectivity index (χ1v) is 16.3. The predicted molar refractivity (Wildman–Crippen MR) is 180 cm³/mol. The van der Waals surface area contributed by atoms with Crippen molar-refractivity contribution in [2.45, 2.75) is 13.0 Å². The summed E-state index contributed by atoms with van der Waals surface area (Å²) < 4.78 is 29.7. The minimum absolute atomic E-state index is 0.131. The molecular formula is C36H35N3O8S. The van der Waals surface area contributed by atoms with Crippen molar-refractivity contribution in [3.63, 3.8) is 0 Å². The summed E-state index contributed by atoms with van der Waals surface area (Å²) in [6.45, 7) is 3.83. The maximum absolute atomic E-state index is 14.2. The maximum atomic E-state index is 14.2. The van der Waals surface area contributed by atoms with Crippen LogP contribution in [0.1, 0.15) is 29.7 Å². The highest BCUT2D eigenvalue weighted by molar-refractivity contribution is 7.07. The lowest BCUT2D eigenvalue weighted by Gasteiger charge is -2.26. The number of ether oxygens (including phenoxy) is 5. The van der Waals surface area contributed by atoms with Crippen molar-refractivity contribution in [3.05, 3.63) is 115 Å². The van der Waals surface area contributed by atoms with Crippen LogP contribution >= 0.6 is 11.3 Å². The molecule has 1 atom stereocenters. The molecule has 2 aliphatic rings. The van der Waals surface area contributed by atoms with Gasteiger partial charge >= 0.3 is 5.97 Å². The van der Waals surface area contributed by atoms with E-state index in [2.05, 4.69) is 0 Å². The van der Waals surface area contributed by atoms with Gasteiger partial charge in [-0.05, 0) is 48.4 Å². The number of methoxy groups -OCH3 is 2. The largest absolute Gasteiger partial charge is 0.497 e. The number of esters is 1. The molecule has 12 heteroatoms. The van der Waals surface area contributed by atoms with E-state index in [1.807, 2.05) is 48.5 Å². The Hall–Kier alpha value is -5.20. The zero-order chi connectivity index (χ0) is 33.6. The molecule has 0 saturated carbocycles. The number of nitrogens with zero attached hydrogens (tertiary/aromatic N) is 3. The number of carbonyl (C=O) groups is 2. The standard InChI is InChI=1S/C36H35N3O8S/c1-4-46-35(42)31-32(24-9-6-5-7-10-24)37-36-39(33(31)25-11-8-12-26(21-25)43-2)34(41)29(48-36)20-23-13-14-27(28(19-23)44-3)47-22-30(40)38-15-17-45-18-16-38/h5-14,19-21,33H,4,15-18,22H2,1-3H3/b29-20+/t33-/m0/s1. The van der Waals surface area contributed by atoms with Crippen molar-refractivity contribution in [1.29, 1.82) is 0 Å². The second kappa shape index (κ2) is 14.7. The molecule has 0 N–H and O–H groups in total. The van der Waals surface area contributed by atoms with Gasteiger partial charge in [0.15, 0.2) is 22.9 Å². The lowest BCUT2D eigenvalue weighted by molar-refractivity contribution is -0.139. The van der Waals surface area contributed by atoms with Crippen LogP contribution in [0.3, 0.4) is 0 Å². The Morgan fingerprint density at radius 3 is 2.50 bits per heavy atom. The van der Waals surface area contributed by atoms with Crippen molar-refractivity contribution < 1.29 is 33.3 Å². The third-order valence-electron chi connectivity index (χ3n) is 7.98. The Bertz CT molecular complexity index is 2030. The molecule has 1 aromatic heterocycles. The first kappa shape index (κ1) is 32.7. The van der Waals surface area contributed by atoms with Crippen LogP contribution < -0.4 is 29.1 Å². The molecule has 0 unspecified atom stereocenters. The summed E-state index contributed by atoms with van der Waals surface area (Å²) in [5, 5.41) is 0. The van der Waals surface area contributed by atoms with Crippen LogP contribution in [0.15, 0.2) is 88.2 Å². The molecule has 48 heavy (non-hydrogen) atoms. The Morgan fingerprint density at radius 1 is 0.979 bits per heavy atom. The quantitative estimate of drug-likeness (QED) is 0.237. The van der Waals surface area contributed by atoms with Crippen LogP contribution in [0.5, 0.6) is 17.2 Å². The highest BCUT2D eigenvalue weighted by atomic mass is 32.1. The number of fused-ring (bicyclic) bond motifs is 1. The SMILES string of the molecule is CCOC(=O)C1=C(c2ccccc2)N=c2s/c(=C/c3ccc(OCC(=O)N4CCOCC4)c(OC)c3)c(=O)n2[C@H]1c1cccc(OC)c1. The van der Waals surface area contributed by atoms with Crippen molar-refractivity contribution in [3.8, 4) is 17.2 Å². The zero-order valence-corrected chi connectivity index (χ0v) is 27.7. The average Bonchev–Trinajstić information content (AvgIpc) is 3.44. The number of rotatable bonds is 10. The van der Waals surface area contributed by atoms with Crippen LogP contribution in [-0.2, 0) is 19.1 Å². The predicted octanol–water partition coefficient (Wildman–Crippen LogP) is 3.19. The molecule has 0 spiro atoms. The number of thiazole rings is 1. The summed E-state index contributed by atoms with van der Waals surface area (Å²) in [5.74, 6) is 0.707. The van der Waals surface area contributed by atoms with Gasteiger partial charge in [-0.15, -0.1) is 0 Å². The zero-order valence-electron chi connectivity index (χ0n) is 26.8. The van der Waals surface area contributed by atoms with E-state index in [0.29, 0.717) is 69.7 Å². The molecule has 1 amide bonds. The second-order valence-electron chi connectivity index (χ2n) is 10.9. The third-order valence-corrected chi connectivity index (χ3v) is 8.97. The Kier molecular flexibility index (Phi) is 10.0. The first-order valence-electron chi connectivity index (χ1n) is 15.5. The molecule has 2 aliphatic heterocycles. The van der Waals surface area contributed by atoms with Gasteiger partial charge in [0, 0.05) is 18.7 Å². The van der Waals surface area contributed by atoms with Crippen molar-refractivity contribution >= 4 is 35.0 Å². The van der Waals surface area contributed by atoms with Gasteiger partial charge in [0.2, 0.25) is 0 Å². The monoisotopic (exact) mass is 669 g/mol. The first-order chi connectivity index (χ1) is 23.4. The van der Waals surface area contributed by atoms with Gasteiger partial charge in [0.1, 0.15) is 5.75 Å². The fraction of sp³-hybridized carbons (Fsp3) is 0.278. The summed E-state index contributed by atoms with van der Waals surface area (Å²) in [6.07, 6.45) is 1.74. The fourth-order valence-corrected chi connectivity index (χ4v) is 6.66. The highest BCUT2D eigenvalue weighted by Crippen LogP contribution is 2.36. The summed E-state index contributed by atoms with van der Waals surface area (Å²) in [5.41, 5.74) is 2.43. The van der Waals surface area contributed by atoms with Gasteiger partial charge in [-0.25, -0.2) is 9.79 Å². The van der Waals surface area contributed by atoms with Crippen LogP contribution in [0.25, 0.3) is 11.8 Å². The number of carbonyl (C=O) groups excluding carboxylic acids is 2. The van der Waals surface area contributed by atoms with Gasteiger partial charge in [0.25, 0.3) is 11.5 Å². The number of morpholine rings is 1. The molecule has 11 nitrogen and oxygen atoms in total. The van der Waals surface area contributed by atoms with E-state index in [1.54, 1.807) is 49.3 Å². The number of hydrogen-bond acceptors (Lipinski definition) is 10. The van der Waals surface area contributed by atoms with Crippen LogP contribution in [0.4, 0.5) is 0 Å². The van der Waals surface area contributed by atoms with E-state index in [1.165, 1.54) is 23.0 Å². The summed E-state index contributed by atoms with van der Waals surface area (Å²) in [7, 11) is 3.08. The summed E-state index contributed by atoms with van der Waals surface area (Å²) in [6, 6.07) is 21.1. The molecule has 0 bridgehead atoms. The maximum Gasteiger partial charge on any atom is 0.338 e. The molecule has 248 valence electrons. The van der Waals surface area contributed by atoms with Gasteiger partial charge in [0.05, 0.1) is 55.9 Å². The van der Waals surface area contributed by atoms with E-state index in [4.69, 9.17) is 28.7 Å². The number of aromatic nitrogens is 1. The van der Waals surface area contributed by atoms with E-state index >= 15 is 0 Å². The van der Waals surface area contributed by atoms with Gasteiger partial charge in [-0.1, -0.05) is 59.9 Å². The fourth-order valence-electron chi connectivity index (χ4n) is 5.66. The number of hydrogen-bond donors (Lipinski definition) is 0. The number of benzene rings is 3. The Labute approximate surface area is 280 Å². The molecule has 3 aromatic carbocycles. The smallest absolute Gasteiger partial charge is 0.338 e. The molecular weight excluding hydrogens is 634 g/mol. The molecule has 0 aliphatic carbocycles. The van der Waals surface area contributed by atoms with E-state index in [9.17, 15) is 14.4 Å². The normalized spacial score (nSPS) is 16.2. The molecule has 6 rings (SSSR count). The van der Waals surface area contributed by atoms with Crippen molar-refractivity contribution in [1.82, 2.24) is 9.47 Å². The van der Waals surface area contributed by atoms with Gasteiger partial charge in [-0.2, -0.15) is 0 Å². The molecule has 1 fully saturated rings.